The Labute approximate surface area is 159 Å². The van der Waals surface area contributed by atoms with Crippen LogP contribution in [0.15, 0.2) is 18.2 Å². The first kappa shape index (κ1) is 18.5. The van der Waals surface area contributed by atoms with Gasteiger partial charge < -0.3 is 24.7 Å². The van der Waals surface area contributed by atoms with Gasteiger partial charge in [-0.25, -0.2) is 9.59 Å². The minimum Gasteiger partial charge on any atom is -0.486 e. The molecule has 0 fully saturated rings. The van der Waals surface area contributed by atoms with E-state index in [-0.39, 0.29) is 39.8 Å². The van der Waals surface area contributed by atoms with E-state index in [0.717, 1.165) is 11.3 Å². The van der Waals surface area contributed by atoms with Crippen molar-refractivity contribution in [3.63, 3.8) is 0 Å². The largest absolute Gasteiger partial charge is 0.486 e. The summed E-state index contributed by atoms with van der Waals surface area (Å²) >= 11 is 0.933. The third-order valence-corrected chi connectivity index (χ3v) is 4.77. The van der Waals surface area contributed by atoms with Crippen LogP contribution < -0.4 is 15.2 Å². The quantitative estimate of drug-likeness (QED) is 0.776. The normalized spacial score (nSPS) is 12.1. The third kappa shape index (κ3) is 3.80. The van der Waals surface area contributed by atoms with Crippen LogP contribution in [0.3, 0.4) is 0 Å². The highest BCUT2D eigenvalue weighted by molar-refractivity contribution is 7.18. The monoisotopic (exact) mass is 388 g/mol. The number of carbonyl (C=O) groups is 2. The van der Waals surface area contributed by atoms with Crippen molar-refractivity contribution in [1.82, 2.24) is 0 Å². The van der Waals surface area contributed by atoms with E-state index in [1.54, 1.807) is 19.1 Å². The highest BCUT2D eigenvalue weighted by atomic mass is 32.1. The molecule has 8 nitrogen and oxygen atoms in total. The number of ether oxygens (including phenoxy) is 4. The zero-order chi connectivity index (χ0) is 19.4. The second-order valence-electron chi connectivity index (χ2n) is 5.42. The molecule has 0 radical (unpaired) electrons. The maximum atomic E-state index is 12.4. The molecule has 1 aromatic heterocycles. The molecular weight excluding hydrogens is 372 g/mol. The summed E-state index contributed by atoms with van der Waals surface area (Å²) in [6.07, 6.45) is 0. The third-order valence-electron chi connectivity index (χ3n) is 3.73. The van der Waals surface area contributed by atoms with E-state index in [4.69, 9.17) is 24.7 Å². The van der Waals surface area contributed by atoms with Crippen molar-refractivity contribution in [3.8, 4) is 17.6 Å². The van der Waals surface area contributed by atoms with E-state index in [2.05, 4.69) is 0 Å². The van der Waals surface area contributed by atoms with Gasteiger partial charge in [0.1, 0.15) is 35.8 Å². The molecule has 0 atom stereocenters. The fourth-order valence-electron chi connectivity index (χ4n) is 2.50. The maximum Gasteiger partial charge on any atom is 0.348 e. The van der Waals surface area contributed by atoms with Gasteiger partial charge in [0, 0.05) is 5.56 Å². The second-order valence-corrected chi connectivity index (χ2v) is 6.47. The molecule has 27 heavy (non-hydrogen) atoms. The molecule has 1 aliphatic rings. The first-order chi connectivity index (χ1) is 13.0. The number of hydrogen-bond acceptors (Lipinski definition) is 9. The van der Waals surface area contributed by atoms with Gasteiger partial charge in [0.15, 0.2) is 11.5 Å². The fraction of sp³-hybridized carbons (Fsp3) is 0.278. The summed E-state index contributed by atoms with van der Waals surface area (Å²) in [7, 11) is 0. The number of thiophene rings is 1. The minimum absolute atomic E-state index is 0.109. The first-order valence-electron chi connectivity index (χ1n) is 8.10. The van der Waals surface area contributed by atoms with Crippen molar-refractivity contribution in [2.75, 3.05) is 25.6 Å². The number of nitrogens with two attached hydrogens (primary N) is 1. The van der Waals surface area contributed by atoms with Gasteiger partial charge in [-0.15, -0.1) is 11.3 Å². The molecule has 140 valence electrons. The van der Waals surface area contributed by atoms with Gasteiger partial charge in [0.05, 0.1) is 17.7 Å². The van der Waals surface area contributed by atoms with Crippen molar-refractivity contribution in [2.24, 2.45) is 0 Å². The van der Waals surface area contributed by atoms with Crippen molar-refractivity contribution >= 4 is 28.3 Å². The van der Waals surface area contributed by atoms with Gasteiger partial charge in [-0.2, -0.15) is 5.26 Å². The van der Waals surface area contributed by atoms with Crippen LogP contribution >= 0.6 is 11.3 Å². The van der Waals surface area contributed by atoms with Gasteiger partial charge in [0.2, 0.25) is 0 Å². The highest BCUT2D eigenvalue weighted by Gasteiger charge is 2.24. The van der Waals surface area contributed by atoms with E-state index in [0.29, 0.717) is 24.7 Å². The lowest BCUT2D eigenvalue weighted by Crippen LogP contribution is -2.16. The number of nitriles is 1. The predicted octanol–water partition coefficient (Wildman–Crippen LogP) is 2.51. The summed E-state index contributed by atoms with van der Waals surface area (Å²) in [5.74, 6) is -0.225. The minimum atomic E-state index is -0.629. The Bertz CT molecular complexity index is 931. The topological polar surface area (TPSA) is 121 Å². The Morgan fingerprint density at radius 1 is 1.22 bits per heavy atom. The fourth-order valence-corrected chi connectivity index (χ4v) is 3.42. The molecule has 0 amide bonds. The highest BCUT2D eigenvalue weighted by Crippen LogP contribution is 2.33. The number of benzene rings is 1. The molecule has 0 saturated heterocycles. The van der Waals surface area contributed by atoms with Gasteiger partial charge in [0.25, 0.3) is 0 Å². The molecule has 0 bridgehead atoms. The SMILES string of the molecule is CCOC(=O)c1sc(N)c(C#N)c1COC(=O)c1ccc2c(c1)OCCO2. The van der Waals surface area contributed by atoms with E-state index in [1.165, 1.54) is 6.07 Å². The second kappa shape index (κ2) is 7.97. The number of fused-ring (bicyclic) bond motifs is 1. The Hall–Kier alpha value is -3.25. The Morgan fingerprint density at radius 3 is 2.67 bits per heavy atom. The maximum absolute atomic E-state index is 12.4. The lowest BCUT2D eigenvalue weighted by atomic mass is 10.1. The molecule has 0 spiro atoms. The van der Waals surface area contributed by atoms with Gasteiger partial charge >= 0.3 is 11.9 Å². The first-order valence-corrected chi connectivity index (χ1v) is 8.92. The van der Waals surface area contributed by atoms with E-state index in [9.17, 15) is 14.9 Å². The van der Waals surface area contributed by atoms with Crippen LogP contribution in [-0.4, -0.2) is 31.8 Å². The number of carbonyl (C=O) groups excluding carboxylic acids is 2. The summed E-state index contributed by atoms with van der Waals surface area (Å²) < 4.78 is 21.1. The summed E-state index contributed by atoms with van der Waals surface area (Å²) in [6, 6.07) is 6.63. The summed E-state index contributed by atoms with van der Waals surface area (Å²) in [4.78, 5) is 24.6. The summed E-state index contributed by atoms with van der Waals surface area (Å²) in [5.41, 5.74) is 6.41. The number of rotatable bonds is 5. The van der Waals surface area contributed by atoms with Gasteiger partial charge in [-0.05, 0) is 25.1 Å². The Balaban J connectivity index is 1.79. The predicted molar refractivity (Wildman–Crippen MR) is 96.0 cm³/mol. The standard InChI is InChI=1S/C18H16N2O6S/c1-2-23-18(22)15-12(11(8-19)16(20)27-15)9-26-17(21)10-3-4-13-14(7-10)25-6-5-24-13/h3-4,7H,2,5-6,9,20H2,1H3. The molecule has 1 aliphatic heterocycles. The van der Waals surface area contributed by atoms with Crippen LogP contribution in [0, 0.1) is 11.3 Å². The molecule has 0 saturated carbocycles. The van der Waals surface area contributed by atoms with Gasteiger partial charge in [-0.3, -0.25) is 0 Å². The zero-order valence-corrected chi connectivity index (χ0v) is 15.3. The van der Waals surface area contributed by atoms with Crippen LogP contribution in [0.25, 0.3) is 0 Å². The molecule has 2 N–H and O–H groups in total. The number of hydrogen-bond donors (Lipinski definition) is 1. The number of nitrogen functional groups attached to an aromatic ring is 1. The zero-order valence-electron chi connectivity index (χ0n) is 14.4. The molecular formula is C18H16N2O6S. The van der Waals surface area contributed by atoms with Crippen molar-refractivity contribution < 1.29 is 28.5 Å². The van der Waals surface area contributed by atoms with Crippen molar-refractivity contribution in [3.05, 3.63) is 39.8 Å². The average Bonchev–Trinajstić information content (AvgIpc) is 3.01. The van der Waals surface area contributed by atoms with Crippen LogP contribution in [-0.2, 0) is 16.1 Å². The molecule has 9 heteroatoms. The molecule has 0 aliphatic carbocycles. The summed E-state index contributed by atoms with van der Waals surface area (Å²) in [6.45, 7) is 2.41. The van der Waals surface area contributed by atoms with E-state index < -0.39 is 11.9 Å². The number of esters is 2. The van der Waals surface area contributed by atoms with Crippen LogP contribution in [0.1, 0.15) is 38.1 Å². The Morgan fingerprint density at radius 2 is 1.96 bits per heavy atom. The van der Waals surface area contributed by atoms with Crippen LogP contribution in [0.4, 0.5) is 5.00 Å². The Kier molecular flexibility index (Phi) is 5.47. The van der Waals surface area contributed by atoms with Gasteiger partial charge in [-0.1, -0.05) is 0 Å². The molecule has 2 aromatic rings. The molecule has 2 heterocycles. The molecule has 0 unspecified atom stereocenters. The number of nitrogens with zero attached hydrogens (tertiary/aromatic N) is 1. The van der Waals surface area contributed by atoms with E-state index in [1.807, 2.05) is 6.07 Å². The van der Waals surface area contributed by atoms with Crippen LogP contribution in [0.5, 0.6) is 11.5 Å². The average molecular weight is 388 g/mol. The van der Waals surface area contributed by atoms with E-state index >= 15 is 0 Å². The smallest absolute Gasteiger partial charge is 0.348 e. The number of anilines is 1. The lowest BCUT2D eigenvalue weighted by molar-refractivity contribution is 0.0452. The van der Waals surface area contributed by atoms with Crippen molar-refractivity contribution in [1.29, 1.82) is 5.26 Å². The van der Waals surface area contributed by atoms with Crippen molar-refractivity contribution in [2.45, 2.75) is 13.5 Å². The lowest BCUT2D eigenvalue weighted by Gasteiger charge is -2.18. The summed E-state index contributed by atoms with van der Waals surface area (Å²) in [5, 5.41) is 9.46. The van der Waals surface area contributed by atoms with Crippen LogP contribution in [0.2, 0.25) is 0 Å². The molecule has 3 rings (SSSR count). The molecule has 1 aromatic carbocycles.